The van der Waals surface area contributed by atoms with Gasteiger partial charge < -0.3 is 9.80 Å². The molecule has 5 nitrogen and oxygen atoms in total. The Bertz CT molecular complexity index is 1230. The first-order chi connectivity index (χ1) is 18.1. The fourth-order valence-electron chi connectivity index (χ4n) is 6.86. The highest BCUT2D eigenvalue weighted by molar-refractivity contribution is 6.18. The van der Waals surface area contributed by atoms with Crippen molar-refractivity contribution in [1.82, 2.24) is 14.7 Å². The summed E-state index contributed by atoms with van der Waals surface area (Å²) in [5.41, 5.74) is 0.839. The quantitative estimate of drug-likeness (QED) is 0.445. The monoisotopic (exact) mass is 497 g/mol. The second-order valence-corrected chi connectivity index (χ2v) is 11.6. The first-order valence-corrected chi connectivity index (χ1v) is 14.3. The average Bonchev–Trinajstić information content (AvgIpc) is 2.96. The number of rotatable bonds is 3. The van der Waals surface area contributed by atoms with Gasteiger partial charge in [-0.05, 0) is 78.6 Å². The molecule has 0 radical (unpaired) electrons. The number of likely N-dealkylation sites (tertiary alicyclic amines) is 3. The lowest BCUT2D eigenvalue weighted by Crippen LogP contribution is -2.52. The van der Waals surface area contributed by atoms with Crippen LogP contribution in [0.15, 0.2) is 54.6 Å². The second-order valence-electron chi connectivity index (χ2n) is 11.6. The zero-order chi connectivity index (χ0) is 25.4. The van der Waals surface area contributed by atoms with E-state index in [0.717, 1.165) is 111 Å². The van der Waals surface area contributed by atoms with Gasteiger partial charge in [0, 0.05) is 38.8 Å². The first kappa shape index (κ1) is 24.4. The van der Waals surface area contributed by atoms with Gasteiger partial charge in [0.15, 0.2) is 0 Å². The lowest BCUT2D eigenvalue weighted by Gasteiger charge is -2.43. The average molecular weight is 498 g/mol. The van der Waals surface area contributed by atoms with Crippen molar-refractivity contribution in [3.05, 3.63) is 60.2 Å². The summed E-state index contributed by atoms with van der Waals surface area (Å²) in [6, 6.07) is 19.1. The number of benzene rings is 3. The highest BCUT2D eigenvalue weighted by atomic mass is 16.2. The Morgan fingerprint density at radius 2 is 1.32 bits per heavy atom. The van der Waals surface area contributed by atoms with Crippen molar-refractivity contribution < 1.29 is 9.59 Å². The third-order valence-corrected chi connectivity index (χ3v) is 9.15. The van der Waals surface area contributed by atoms with Crippen LogP contribution in [0.4, 0.5) is 0 Å². The molecule has 5 heteroatoms. The molecule has 0 spiro atoms. The molecule has 3 aliphatic rings. The molecule has 3 saturated heterocycles. The summed E-state index contributed by atoms with van der Waals surface area (Å²) in [7, 11) is 0. The van der Waals surface area contributed by atoms with Crippen LogP contribution in [-0.2, 0) is 4.79 Å². The summed E-state index contributed by atoms with van der Waals surface area (Å²) in [6.07, 6.45) is 6.36. The van der Waals surface area contributed by atoms with E-state index in [4.69, 9.17) is 0 Å². The maximum Gasteiger partial charge on any atom is 0.255 e. The Hall–Kier alpha value is -2.92. The van der Waals surface area contributed by atoms with Gasteiger partial charge in [0.2, 0.25) is 5.91 Å². The molecule has 3 heterocycles. The van der Waals surface area contributed by atoms with Crippen LogP contribution in [0.1, 0.15) is 55.8 Å². The van der Waals surface area contributed by atoms with Gasteiger partial charge in [-0.15, -0.1) is 0 Å². The predicted octanol–water partition coefficient (Wildman–Crippen LogP) is 5.57. The van der Waals surface area contributed by atoms with Crippen LogP contribution in [-0.4, -0.2) is 71.8 Å². The molecule has 0 saturated carbocycles. The Balaban J connectivity index is 1.13. The number of carbonyl (C=O) groups is 2. The SMILES string of the molecule is CC1CCN(C(=O)[C@@H]2CCCN(C3CCN(C(=O)c4c5ccccc5cc5ccccc45)CC3)C2)CC1. The number of nitrogens with zero attached hydrogens (tertiary/aromatic N) is 3. The van der Waals surface area contributed by atoms with Gasteiger partial charge in [0.05, 0.1) is 11.5 Å². The topological polar surface area (TPSA) is 43.9 Å². The first-order valence-electron chi connectivity index (χ1n) is 14.3. The fraction of sp³-hybridized carbons (Fsp3) is 0.500. The summed E-state index contributed by atoms with van der Waals surface area (Å²) in [6.45, 7) is 7.68. The van der Waals surface area contributed by atoms with Gasteiger partial charge in [-0.25, -0.2) is 0 Å². The van der Waals surface area contributed by atoms with Gasteiger partial charge in [0.1, 0.15) is 0 Å². The summed E-state index contributed by atoms with van der Waals surface area (Å²) in [5.74, 6) is 1.42. The molecule has 3 aliphatic heterocycles. The van der Waals surface area contributed by atoms with Crippen LogP contribution >= 0.6 is 0 Å². The molecule has 194 valence electrons. The second kappa shape index (κ2) is 10.4. The van der Waals surface area contributed by atoms with Gasteiger partial charge in [-0.1, -0.05) is 55.5 Å². The molecule has 1 atom stereocenters. The van der Waals surface area contributed by atoms with E-state index < -0.39 is 0 Å². The Labute approximate surface area is 220 Å². The van der Waals surface area contributed by atoms with Gasteiger partial charge in [-0.2, -0.15) is 0 Å². The lowest BCUT2D eigenvalue weighted by atomic mass is 9.91. The molecule has 37 heavy (non-hydrogen) atoms. The van der Waals surface area contributed by atoms with E-state index >= 15 is 0 Å². The highest BCUT2D eigenvalue weighted by Crippen LogP contribution is 2.32. The summed E-state index contributed by atoms with van der Waals surface area (Å²) >= 11 is 0. The van der Waals surface area contributed by atoms with Crippen LogP contribution in [0, 0.1) is 11.8 Å². The molecule has 0 unspecified atom stereocenters. The molecule has 2 amide bonds. The Morgan fingerprint density at radius 1 is 0.730 bits per heavy atom. The van der Waals surface area contributed by atoms with Crippen molar-refractivity contribution >= 4 is 33.4 Å². The minimum Gasteiger partial charge on any atom is -0.342 e. The van der Waals surface area contributed by atoms with E-state index in [2.05, 4.69) is 52.0 Å². The van der Waals surface area contributed by atoms with E-state index in [1.165, 1.54) is 0 Å². The Kier molecular flexibility index (Phi) is 6.90. The van der Waals surface area contributed by atoms with Crippen LogP contribution in [0.5, 0.6) is 0 Å². The van der Waals surface area contributed by atoms with Crippen molar-refractivity contribution in [1.29, 1.82) is 0 Å². The summed E-state index contributed by atoms with van der Waals surface area (Å²) < 4.78 is 0. The number of carbonyl (C=O) groups excluding carboxylic acids is 2. The third-order valence-electron chi connectivity index (χ3n) is 9.15. The van der Waals surface area contributed by atoms with Crippen molar-refractivity contribution in [2.45, 2.75) is 51.5 Å². The van der Waals surface area contributed by atoms with E-state index in [0.29, 0.717) is 11.9 Å². The normalized spacial score (nSPS) is 22.6. The van der Waals surface area contributed by atoms with Gasteiger partial charge >= 0.3 is 0 Å². The minimum atomic E-state index is 0.142. The lowest BCUT2D eigenvalue weighted by molar-refractivity contribution is -0.139. The molecule has 3 aromatic rings. The van der Waals surface area contributed by atoms with Gasteiger partial charge in [-0.3, -0.25) is 14.5 Å². The zero-order valence-corrected chi connectivity index (χ0v) is 22.1. The maximum atomic E-state index is 13.9. The number of hydrogen-bond donors (Lipinski definition) is 0. The number of fused-ring (bicyclic) bond motifs is 2. The largest absolute Gasteiger partial charge is 0.342 e. The van der Waals surface area contributed by atoms with E-state index in [1.54, 1.807) is 0 Å². The van der Waals surface area contributed by atoms with E-state index in [1.807, 2.05) is 24.3 Å². The number of piperidine rings is 3. The maximum absolute atomic E-state index is 13.9. The highest BCUT2D eigenvalue weighted by Gasteiger charge is 2.35. The van der Waals surface area contributed by atoms with Crippen molar-refractivity contribution in [2.24, 2.45) is 11.8 Å². The molecular weight excluding hydrogens is 458 g/mol. The van der Waals surface area contributed by atoms with Crippen LogP contribution < -0.4 is 0 Å². The number of hydrogen-bond acceptors (Lipinski definition) is 3. The van der Waals surface area contributed by atoms with E-state index in [-0.39, 0.29) is 11.8 Å². The van der Waals surface area contributed by atoms with Crippen molar-refractivity contribution in [3.8, 4) is 0 Å². The molecule has 0 aromatic heterocycles. The molecule has 3 aromatic carbocycles. The van der Waals surface area contributed by atoms with Crippen LogP contribution in [0.25, 0.3) is 21.5 Å². The standard InChI is InChI=1S/C32H39N3O2/c1-23-12-17-33(18-13-23)31(36)26-9-6-16-35(22-26)27-14-19-34(20-15-27)32(37)30-28-10-4-2-7-24(28)21-25-8-3-5-11-29(25)30/h2-5,7-8,10-11,21,23,26-27H,6,9,12-20,22H2,1H3/t26-/m1/s1. The molecule has 3 fully saturated rings. The van der Waals surface area contributed by atoms with Crippen LogP contribution in [0.2, 0.25) is 0 Å². The smallest absolute Gasteiger partial charge is 0.255 e. The fourth-order valence-corrected chi connectivity index (χ4v) is 6.86. The molecule has 6 rings (SSSR count). The minimum absolute atomic E-state index is 0.142. The molecule has 0 N–H and O–H groups in total. The number of amides is 2. The summed E-state index contributed by atoms with van der Waals surface area (Å²) in [5, 5.41) is 4.31. The Morgan fingerprint density at radius 3 is 1.97 bits per heavy atom. The van der Waals surface area contributed by atoms with Gasteiger partial charge in [0.25, 0.3) is 5.91 Å². The zero-order valence-electron chi connectivity index (χ0n) is 22.1. The molecule has 0 bridgehead atoms. The predicted molar refractivity (Wildman–Crippen MR) is 150 cm³/mol. The summed E-state index contributed by atoms with van der Waals surface area (Å²) in [4.78, 5) is 33.9. The third kappa shape index (κ3) is 4.86. The molecule has 0 aliphatic carbocycles. The van der Waals surface area contributed by atoms with Crippen molar-refractivity contribution in [2.75, 3.05) is 39.3 Å². The molecular formula is C32H39N3O2. The van der Waals surface area contributed by atoms with Crippen LogP contribution in [0.3, 0.4) is 0 Å². The van der Waals surface area contributed by atoms with E-state index in [9.17, 15) is 9.59 Å². The van der Waals surface area contributed by atoms with Crippen molar-refractivity contribution in [3.63, 3.8) is 0 Å².